The number of ketones is 1. The maximum absolute atomic E-state index is 13.2. The lowest BCUT2D eigenvalue weighted by atomic mass is 9.46. The molecule has 3 heteroatoms. The summed E-state index contributed by atoms with van der Waals surface area (Å²) in [4.78, 5) is 23.7. The van der Waals surface area contributed by atoms with Gasteiger partial charge in [0.25, 0.3) is 0 Å². The quantitative estimate of drug-likeness (QED) is 0.136. The molecule has 8 atom stereocenters. The number of hydrogen-bond acceptors (Lipinski definition) is 3. The average Bonchev–Trinajstić information content (AvgIpc) is 3.25. The number of allylic oxidation sites excluding steroid dienone is 1. The van der Waals surface area contributed by atoms with E-state index < -0.39 is 5.60 Å². The van der Waals surface area contributed by atoms with Crippen molar-refractivity contribution in [2.24, 2.45) is 46.3 Å². The largest absolute Gasteiger partial charge is 0.382 e. The molecule has 1 N–H and O–H groups in total. The van der Waals surface area contributed by atoms with E-state index in [9.17, 15) is 14.7 Å². The molecule has 39 heavy (non-hydrogen) atoms. The van der Waals surface area contributed by atoms with E-state index in [4.69, 9.17) is 0 Å². The van der Waals surface area contributed by atoms with Crippen molar-refractivity contribution in [1.29, 1.82) is 0 Å². The van der Waals surface area contributed by atoms with E-state index in [-0.39, 0.29) is 11.2 Å². The van der Waals surface area contributed by atoms with Crippen LogP contribution in [0.1, 0.15) is 150 Å². The third-order valence-corrected chi connectivity index (χ3v) is 12.6. The minimum absolute atomic E-state index is 0.0711. The number of carbonyl (C=O) groups is 2. The Bertz CT molecular complexity index is 875. The van der Waals surface area contributed by atoms with Gasteiger partial charge >= 0.3 is 0 Å². The van der Waals surface area contributed by atoms with Gasteiger partial charge in [0.1, 0.15) is 11.9 Å². The third kappa shape index (κ3) is 6.44. The Morgan fingerprint density at radius 2 is 1.69 bits per heavy atom. The molecule has 0 radical (unpaired) electrons. The van der Waals surface area contributed by atoms with Gasteiger partial charge in [-0.2, -0.15) is 0 Å². The van der Waals surface area contributed by atoms with E-state index >= 15 is 0 Å². The summed E-state index contributed by atoms with van der Waals surface area (Å²) in [5.74, 6) is 4.96. The summed E-state index contributed by atoms with van der Waals surface area (Å²) >= 11 is 0. The summed E-state index contributed by atoms with van der Waals surface area (Å²) in [6.07, 6.45) is 22.6. The Balaban J connectivity index is 1.36. The first-order valence-corrected chi connectivity index (χ1v) is 16.9. The molecule has 3 nitrogen and oxygen atoms in total. The number of aliphatic hydroxyl groups is 1. The van der Waals surface area contributed by atoms with Crippen molar-refractivity contribution < 1.29 is 14.7 Å². The Kier molecular flexibility index (Phi) is 10.3. The van der Waals surface area contributed by atoms with Crippen LogP contribution in [-0.4, -0.2) is 22.8 Å². The normalized spacial score (nSPS) is 38.5. The molecule has 0 bridgehead atoms. The van der Waals surface area contributed by atoms with Crippen LogP contribution in [0.5, 0.6) is 0 Å². The van der Waals surface area contributed by atoms with Gasteiger partial charge in [-0.15, -0.1) is 0 Å². The maximum Gasteiger partial charge on any atom is 0.164 e. The Morgan fingerprint density at radius 1 is 0.949 bits per heavy atom. The molecule has 0 aromatic carbocycles. The summed E-state index contributed by atoms with van der Waals surface area (Å²) in [7, 11) is 0. The minimum atomic E-state index is -1.15. The van der Waals surface area contributed by atoms with E-state index in [1.807, 2.05) is 0 Å². The standard InChI is InChI=1S/C36H60O3/c1-26(2)13-12-14-27(3)30-18-19-31-29-17-16-28-25-36(39,33(38)15-10-8-6-7-9-11-24-37)23-22-34(28,4)32(29)20-21-35(30,31)5/h16,24,26-27,29-32,39H,6-15,17-23,25H2,1-5H3/t27-,29+,30-,31+,32+,34+,35-,36?/m1/s1. The van der Waals surface area contributed by atoms with Crippen LogP contribution < -0.4 is 0 Å². The van der Waals surface area contributed by atoms with Crippen molar-refractivity contribution in [3.63, 3.8) is 0 Å². The van der Waals surface area contributed by atoms with Gasteiger partial charge in [0, 0.05) is 19.3 Å². The number of carbonyl (C=O) groups excluding carboxylic acids is 2. The summed E-state index contributed by atoms with van der Waals surface area (Å²) in [5, 5.41) is 11.5. The highest BCUT2D eigenvalue weighted by Gasteiger charge is 2.60. The van der Waals surface area contributed by atoms with Gasteiger partial charge in [-0.3, -0.25) is 4.79 Å². The topological polar surface area (TPSA) is 54.4 Å². The molecular weight excluding hydrogens is 480 g/mol. The van der Waals surface area contributed by atoms with E-state index in [0.29, 0.717) is 31.1 Å². The zero-order chi connectivity index (χ0) is 28.3. The van der Waals surface area contributed by atoms with Crippen LogP contribution in [0.4, 0.5) is 0 Å². The Morgan fingerprint density at radius 3 is 2.44 bits per heavy atom. The number of hydrogen-bond donors (Lipinski definition) is 1. The first-order valence-electron chi connectivity index (χ1n) is 16.9. The van der Waals surface area contributed by atoms with Crippen molar-refractivity contribution in [3.8, 4) is 0 Å². The van der Waals surface area contributed by atoms with Crippen molar-refractivity contribution in [1.82, 2.24) is 0 Å². The molecule has 0 saturated heterocycles. The van der Waals surface area contributed by atoms with Crippen LogP contribution in [0.2, 0.25) is 0 Å². The van der Waals surface area contributed by atoms with Crippen LogP contribution in [-0.2, 0) is 9.59 Å². The molecule has 0 amide bonds. The molecule has 0 heterocycles. The predicted octanol–water partition coefficient (Wildman–Crippen LogP) is 9.26. The zero-order valence-corrected chi connectivity index (χ0v) is 26.1. The number of fused-ring (bicyclic) bond motifs is 5. The van der Waals surface area contributed by atoms with Gasteiger partial charge in [-0.05, 0) is 104 Å². The molecule has 222 valence electrons. The maximum atomic E-state index is 13.2. The fraction of sp³-hybridized carbons (Fsp3) is 0.889. The molecule has 3 saturated carbocycles. The SMILES string of the molecule is CC(C)CCC[C@@H](C)[C@H]1CC[C@H]2[C@@H]3CC=C4CC(O)(C(=O)CCCCCCCC=O)CC[C@]4(C)[C@H]3CC[C@]12C. The predicted molar refractivity (Wildman–Crippen MR) is 161 cm³/mol. The lowest BCUT2D eigenvalue weighted by Crippen LogP contribution is -2.54. The summed E-state index contributed by atoms with van der Waals surface area (Å²) in [5.41, 5.74) is 0.914. The van der Waals surface area contributed by atoms with Crippen molar-refractivity contribution >= 4 is 12.1 Å². The van der Waals surface area contributed by atoms with Crippen molar-refractivity contribution in [2.45, 2.75) is 156 Å². The van der Waals surface area contributed by atoms with Crippen molar-refractivity contribution in [2.75, 3.05) is 0 Å². The summed E-state index contributed by atoms with van der Waals surface area (Å²) in [6.45, 7) is 12.4. The van der Waals surface area contributed by atoms with E-state index in [0.717, 1.165) is 86.7 Å². The molecule has 0 aliphatic heterocycles. The van der Waals surface area contributed by atoms with Crippen LogP contribution in [0.3, 0.4) is 0 Å². The number of Topliss-reactive ketones (excluding diaryl/α,β-unsaturated/α-hetero) is 1. The molecule has 0 spiro atoms. The van der Waals surface area contributed by atoms with Gasteiger partial charge in [0.2, 0.25) is 0 Å². The number of unbranched alkanes of at least 4 members (excludes halogenated alkanes) is 5. The lowest BCUT2D eigenvalue weighted by molar-refractivity contribution is -0.143. The first kappa shape index (κ1) is 31.0. The Labute approximate surface area is 240 Å². The van der Waals surface area contributed by atoms with Gasteiger partial charge in [-0.25, -0.2) is 0 Å². The zero-order valence-electron chi connectivity index (χ0n) is 26.1. The van der Waals surface area contributed by atoms with Crippen LogP contribution >= 0.6 is 0 Å². The minimum Gasteiger partial charge on any atom is -0.382 e. The lowest BCUT2D eigenvalue weighted by Gasteiger charge is -2.59. The van der Waals surface area contributed by atoms with Gasteiger partial charge < -0.3 is 9.90 Å². The van der Waals surface area contributed by atoms with Gasteiger partial charge in [0.05, 0.1) is 0 Å². The van der Waals surface area contributed by atoms with Crippen LogP contribution in [0.25, 0.3) is 0 Å². The van der Waals surface area contributed by atoms with E-state index in [1.54, 1.807) is 0 Å². The summed E-state index contributed by atoms with van der Waals surface area (Å²) in [6, 6.07) is 0. The smallest absolute Gasteiger partial charge is 0.164 e. The van der Waals surface area contributed by atoms with Crippen molar-refractivity contribution in [3.05, 3.63) is 11.6 Å². The van der Waals surface area contributed by atoms with Gasteiger partial charge in [-0.1, -0.05) is 84.8 Å². The molecule has 4 aliphatic carbocycles. The molecule has 4 rings (SSSR count). The second-order valence-electron chi connectivity index (χ2n) is 15.4. The first-order chi connectivity index (χ1) is 18.5. The highest BCUT2D eigenvalue weighted by Crippen LogP contribution is 2.67. The number of aldehydes is 1. The van der Waals surface area contributed by atoms with Crippen LogP contribution in [0, 0.1) is 46.3 Å². The molecule has 0 aromatic heterocycles. The molecule has 3 fully saturated rings. The summed E-state index contributed by atoms with van der Waals surface area (Å²) < 4.78 is 0. The molecule has 1 unspecified atom stereocenters. The monoisotopic (exact) mass is 540 g/mol. The molecule has 4 aliphatic rings. The second-order valence-corrected chi connectivity index (χ2v) is 15.4. The Hall–Kier alpha value is -0.960. The van der Waals surface area contributed by atoms with Gasteiger partial charge in [0.15, 0.2) is 5.78 Å². The van der Waals surface area contributed by atoms with E-state index in [2.05, 4.69) is 40.7 Å². The number of rotatable bonds is 14. The fourth-order valence-corrected chi connectivity index (χ4v) is 10.2. The second kappa shape index (κ2) is 12.9. The third-order valence-electron chi connectivity index (χ3n) is 12.6. The molecular formula is C36H60O3. The average molecular weight is 541 g/mol. The fourth-order valence-electron chi connectivity index (χ4n) is 10.2. The highest BCUT2D eigenvalue weighted by molar-refractivity contribution is 5.87. The van der Waals surface area contributed by atoms with Crippen LogP contribution in [0.15, 0.2) is 11.6 Å². The molecule has 0 aromatic rings. The highest BCUT2D eigenvalue weighted by atomic mass is 16.3. The van der Waals surface area contributed by atoms with E-state index in [1.165, 1.54) is 50.5 Å².